The summed E-state index contributed by atoms with van der Waals surface area (Å²) in [7, 11) is 0. The Morgan fingerprint density at radius 2 is 1.84 bits per heavy atom. The van der Waals surface area contributed by atoms with Gasteiger partial charge < -0.3 is 10.0 Å². The summed E-state index contributed by atoms with van der Waals surface area (Å²) in [5, 5.41) is 10.9. The highest BCUT2D eigenvalue weighted by atomic mass is 16.3. The monoisotopic (exact) mass is 342 g/mol. The van der Waals surface area contributed by atoms with Crippen LogP contribution in [0.25, 0.3) is 0 Å². The van der Waals surface area contributed by atoms with Crippen LogP contribution in [0.1, 0.15) is 44.1 Å². The molecule has 3 aliphatic rings. The Kier molecular flexibility index (Phi) is 4.59. The molecule has 2 aliphatic heterocycles. The van der Waals surface area contributed by atoms with Gasteiger partial charge in [-0.3, -0.25) is 9.69 Å². The molecule has 1 saturated carbocycles. The van der Waals surface area contributed by atoms with Crippen LogP contribution in [-0.2, 0) is 4.79 Å². The minimum Gasteiger partial charge on any atom is -0.387 e. The van der Waals surface area contributed by atoms with E-state index in [1.165, 1.54) is 5.56 Å². The molecule has 4 rings (SSSR count). The van der Waals surface area contributed by atoms with Crippen LogP contribution in [0.2, 0.25) is 0 Å². The molecule has 1 N–H and O–H groups in total. The third-order valence-corrected chi connectivity index (χ3v) is 6.65. The molecule has 4 heteroatoms. The summed E-state index contributed by atoms with van der Waals surface area (Å²) in [6.45, 7) is 5.83. The molecule has 4 nitrogen and oxygen atoms in total. The number of amides is 1. The molecule has 1 aromatic rings. The minimum absolute atomic E-state index is 0.196. The van der Waals surface area contributed by atoms with Gasteiger partial charge in [-0.2, -0.15) is 0 Å². The van der Waals surface area contributed by atoms with Gasteiger partial charge >= 0.3 is 0 Å². The smallest absolute Gasteiger partial charge is 0.236 e. The van der Waals surface area contributed by atoms with E-state index in [1.54, 1.807) is 0 Å². The van der Waals surface area contributed by atoms with E-state index in [9.17, 15) is 9.90 Å². The zero-order valence-corrected chi connectivity index (χ0v) is 15.2. The third-order valence-electron chi connectivity index (χ3n) is 6.65. The summed E-state index contributed by atoms with van der Waals surface area (Å²) in [6, 6.07) is 10.7. The number of piperidine rings is 1. The Bertz CT molecular complexity index is 608. The first-order chi connectivity index (χ1) is 12.1. The van der Waals surface area contributed by atoms with Crippen LogP contribution in [0.5, 0.6) is 0 Å². The lowest BCUT2D eigenvalue weighted by Gasteiger charge is -2.33. The van der Waals surface area contributed by atoms with Crippen molar-refractivity contribution in [3.05, 3.63) is 35.9 Å². The van der Waals surface area contributed by atoms with Crippen molar-refractivity contribution >= 4 is 5.91 Å². The molecular formula is C21H30N2O2. The molecule has 0 unspecified atom stereocenters. The van der Waals surface area contributed by atoms with Crippen molar-refractivity contribution < 1.29 is 9.90 Å². The number of rotatable bonds is 4. The van der Waals surface area contributed by atoms with E-state index in [0.717, 1.165) is 38.8 Å². The molecular weight excluding hydrogens is 312 g/mol. The quantitative estimate of drug-likeness (QED) is 0.914. The molecule has 0 radical (unpaired) electrons. The van der Waals surface area contributed by atoms with Crippen LogP contribution in [0.15, 0.2) is 30.3 Å². The lowest BCUT2D eigenvalue weighted by Crippen LogP contribution is -2.44. The fraction of sp³-hybridized carbons (Fsp3) is 0.667. The van der Waals surface area contributed by atoms with Crippen LogP contribution in [-0.4, -0.2) is 59.1 Å². The summed E-state index contributed by atoms with van der Waals surface area (Å²) in [5.41, 5.74) is 0.798. The number of carbonyl (C=O) groups is 1. The van der Waals surface area contributed by atoms with Crippen LogP contribution < -0.4 is 0 Å². The highest BCUT2D eigenvalue weighted by molar-refractivity contribution is 5.78. The zero-order chi connectivity index (χ0) is 17.4. The molecule has 1 aromatic carbocycles. The van der Waals surface area contributed by atoms with E-state index < -0.39 is 5.60 Å². The maximum Gasteiger partial charge on any atom is 0.236 e. The second-order valence-corrected chi connectivity index (χ2v) is 8.40. The van der Waals surface area contributed by atoms with E-state index in [2.05, 4.69) is 42.2 Å². The summed E-state index contributed by atoms with van der Waals surface area (Å²) in [5.74, 6) is 1.44. The van der Waals surface area contributed by atoms with Crippen molar-refractivity contribution in [2.45, 2.75) is 44.1 Å². The average molecular weight is 342 g/mol. The second kappa shape index (κ2) is 6.73. The van der Waals surface area contributed by atoms with Gasteiger partial charge in [0.2, 0.25) is 5.91 Å². The number of β-amino-alcohol motifs (C(OH)–C–C–N with tert-alkyl or cyclic N) is 1. The van der Waals surface area contributed by atoms with Gasteiger partial charge in [-0.1, -0.05) is 37.3 Å². The maximum absolute atomic E-state index is 12.7. The predicted molar refractivity (Wildman–Crippen MR) is 98.3 cm³/mol. The largest absolute Gasteiger partial charge is 0.387 e. The number of aliphatic hydroxyl groups is 1. The Hall–Kier alpha value is -1.39. The number of benzene rings is 1. The van der Waals surface area contributed by atoms with Gasteiger partial charge in [-0.05, 0) is 56.2 Å². The fourth-order valence-corrected chi connectivity index (χ4v) is 4.76. The van der Waals surface area contributed by atoms with Gasteiger partial charge in [-0.25, -0.2) is 0 Å². The Morgan fingerprint density at radius 1 is 1.16 bits per heavy atom. The SMILES string of the molecule is C[C@@H]1CN(C(=O)CN2CCC(c3ccccc3)CC2)C[C@@]1(O)C1CC1. The number of carbonyl (C=O) groups excluding carboxylic acids is 1. The molecule has 1 aliphatic carbocycles. The van der Waals surface area contributed by atoms with E-state index in [1.807, 2.05) is 4.90 Å². The van der Waals surface area contributed by atoms with Crippen LogP contribution in [0.3, 0.4) is 0 Å². The van der Waals surface area contributed by atoms with Crippen molar-refractivity contribution in [2.75, 3.05) is 32.7 Å². The first-order valence-electron chi connectivity index (χ1n) is 9.83. The van der Waals surface area contributed by atoms with Crippen molar-refractivity contribution in [3.63, 3.8) is 0 Å². The zero-order valence-electron chi connectivity index (χ0n) is 15.2. The van der Waals surface area contributed by atoms with Crippen LogP contribution >= 0.6 is 0 Å². The molecule has 0 aromatic heterocycles. The van der Waals surface area contributed by atoms with E-state index >= 15 is 0 Å². The summed E-state index contributed by atoms with van der Waals surface area (Å²) in [6.07, 6.45) is 4.49. The van der Waals surface area contributed by atoms with Crippen molar-refractivity contribution in [2.24, 2.45) is 11.8 Å². The Balaban J connectivity index is 1.28. The number of likely N-dealkylation sites (tertiary alicyclic amines) is 2. The fourth-order valence-electron chi connectivity index (χ4n) is 4.76. The third kappa shape index (κ3) is 3.47. The van der Waals surface area contributed by atoms with Crippen molar-refractivity contribution in [3.8, 4) is 0 Å². The van der Waals surface area contributed by atoms with Gasteiger partial charge in [0.15, 0.2) is 0 Å². The molecule has 25 heavy (non-hydrogen) atoms. The standard InChI is InChI=1S/C21H30N2O2/c1-16-13-23(15-21(16,25)19-7-8-19)20(24)14-22-11-9-18(10-12-22)17-5-3-2-4-6-17/h2-6,16,18-19,25H,7-15H2,1H3/t16-,21+/m1/s1. The lowest BCUT2D eigenvalue weighted by atomic mass is 9.88. The molecule has 2 atom stereocenters. The molecule has 136 valence electrons. The van der Waals surface area contributed by atoms with E-state index in [4.69, 9.17) is 0 Å². The molecule has 1 amide bonds. The lowest BCUT2D eigenvalue weighted by molar-refractivity contribution is -0.132. The summed E-state index contributed by atoms with van der Waals surface area (Å²) < 4.78 is 0. The van der Waals surface area contributed by atoms with Crippen molar-refractivity contribution in [1.82, 2.24) is 9.80 Å². The highest BCUT2D eigenvalue weighted by Gasteiger charge is 2.53. The number of hydrogen-bond donors (Lipinski definition) is 1. The van der Waals surface area contributed by atoms with Crippen LogP contribution in [0.4, 0.5) is 0 Å². The molecule has 0 bridgehead atoms. The van der Waals surface area contributed by atoms with Gasteiger partial charge in [0.05, 0.1) is 18.7 Å². The van der Waals surface area contributed by atoms with Gasteiger partial charge in [0.25, 0.3) is 0 Å². The summed E-state index contributed by atoms with van der Waals surface area (Å²) in [4.78, 5) is 16.9. The first kappa shape index (κ1) is 17.0. The van der Waals surface area contributed by atoms with Gasteiger partial charge in [0.1, 0.15) is 0 Å². The van der Waals surface area contributed by atoms with E-state index in [0.29, 0.717) is 31.5 Å². The second-order valence-electron chi connectivity index (χ2n) is 8.40. The Morgan fingerprint density at radius 3 is 2.48 bits per heavy atom. The maximum atomic E-state index is 12.7. The number of nitrogens with zero attached hydrogens (tertiary/aromatic N) is 2. The normalized spacial score (nSPS) is 31.4. The minimum atomic E-state index is -0.629. The summed E-state index contributed by atoms with van der Waals surface area (Å²) >= 11 is 0. The predicted octanol–water partition coefficient (Wildman–Crippen LogP) is 2.49. The van der Waals surface area contributed by atoms with E-state index in [-0.39, 0.29) is 11.8 Å². The van der Waals surface area contributed by atoms with Gasteiger partial charge in [0, 0.05) is 12.5 Å². The molecule has 2 heterocycles. The highest BCUT2D eigenvalue weighted by Crippen LogP contribution is 2.47. The number of hydrogen-bond acceptors (Lipinski definition) is 3. The topological polar surface area (TPSA) is 43.8 Å². The molecule has 2 saturated heterocycles. The average Bonchev–Trinajstić information content (AvgIpc) is 3.44. The molecule has 0 spiro atoms. The van der Waals surface area contributed by atoms with Crippen LogP contribution in [0, 0.1) is 11.8 Å². The Labute approximate surface area is 150 Å². The molecule has 3 fully saturated rings. The first-order valence-corrected chi connectivity index (χ1v) is 9.83. The van der Waals surface area contributed by atoms with Gasteiger partial charge in [-0.15, -0.1) is 0 Å². The van der Waals surface area contributed by atoms with Crippen molar-refractivity contribution in [1.29, 1.82) is 0 Å².